The second-order valence-corrected chi connectivity index (χ2v) is 6.08. The van der Waals surface area contributed by atoms with E-state index in [4.69, 9.17) is 4.74 Å². The van der Waals surface area contributed by atoms with Crippen LogP contribution in [0.25, 0.3) is 10.9 Å². The molecule has 3 aromatic carbocycles. The molecule has 0 aliphatic rings. The zero-order valence-electron chi connectivity index (χ0n) is 14.3. The van der Waals surface area contributed by atoms with Gasteiger partial charge in [0.05, 0.1) is 5.69 Å². The number of H-pyrrole nitrogens is 1. The van der Waals surface area contributed by atoms with Gasteiger partial charge in [0.2, 0.25) is 0 Å². The van der Waals surface area contributed by atoms with Crippen LogP contribution < -0.4 is 10.1 Å². The van der Waals surface area contributed by atoms with Crippen molar-refractivity contribution < 1.29 is 9.53 Å². The number of hydrogen-bond donors (Lipinski definition) is 2. The van der Waals surface area contributed by atoms with E-state index in [0.717, 1.165) is 22.2 Å². The molecule has 0 radical (unpaired) electrons. The number of fused-ring (bicyclic) bond motifs is 1. The van der Waals surface area contributed by atoms with Crippen LogP contribution in [-0.4, -0.2) is 10.9 Å². The smallest absolute Gasteiger partial charge is 0.272 e. The Hall–Kier alpha value is -3.53. The van der Waals surface area contributed by atoms with Gasteiger partial charge in [-0.05, 0) is 48.9 Å². The predicted octanol–water partition coefficient (Wildman–Crippen LogP) is 5.52. The van der Waals surface area contributed by atoms with Crippen LogP contribution in [0.15, 0.2) is 78.9 Å². The van der Waals surface area contributed by atoms with Crippen LogP contribution in [0, 0.1) is 6.92 Å². The molecule has 0 saturated carbocycles. The summed E-state index contributed by atoms with van der Waals surface area (Å²) in [5, 5.41) is 3.98. The van der Waals surface area contributed by atoms with Crippen molar-refractivity contribution in [1.29, 1.82) is 0 Å². The van der Waals surface area contributed by atoms with Crippen molar-refractivity contribution in [2.75, 3.05) is 5.32 Å². The Morgan fingerprint density at radius 1 is 0.923 bits per heavy atom. The van der Waals surface area contributed by atoms with Crippen LogP contribution >= 0.6 is 0 Å². The van der Waals surface area contributed by atoms with Crippen molar-refractivity contribution in [3.8, 4) is 11.5 Å². The SMILES string of the molecule is Cc1cccc2[nH]c(C(=O)Nc3ccccc3Oc3ccccc3)cc12. The fourth-order valence-corrected chi connectivity index (χ4v) is 2.89. The lowest BCUT2D eigenvalue weighted by molar-refractivity contribution is 0.102. The molecule has 0 fully saturated rings. The normalized spacial score (nSPS) is 10.7. The van der Waals surface area contributed by atoms with Crippen LogP contribution in [0.5, 0.6) is 11.5 Å². The number of benzene rings is 3. The number of anilines is 1. The molecular formula is C22H18N2O2. The maximum atomic E-state index is 12.7. The van der Waals surface area contributed by atoms with Crippen molar-refractivity contribution in [3.63, 3.8) is 0 Å². The lowest BCUT2D eigenvalue weighted by Crippen LogP contribution is -2.12. The molecule has 4 rings (SSSR count). The van der Waals surface area contributed by atoms with E-state index < -0.39 is 0 Å². The third-order valence-electron chi connectivity index (χ3n) is 4.23. The molecule has 4 aromatic rings. The molecule has 1 amide bonds. The van der Waals surface area contributed by atoms with E-state index in [9.17, 15) is 4.79 Å². The van der Waals surface area contributed by atoms with Gasteiger partial charge in [0.15, 0.2) is 5.75 Å². The molecule has 0 atom stereocenters. The largest absolute Gasteiger partial charge is 0.455 e. The number of ether oxygens (including phenoxy) is 1. The number of amides is 1. The average Bonchev–Trinajstić information content (AvgIpc) is 3.10. The molecule has 0 unspecified atom stereocenters. The summed E-state index contributed by atoms with van der Waals surface area (Å²) < 4.78 is 5.90. The minimum Gasteiger partial charge on any atom is -0.455 e. The third-order valence-corrected chi connectivity index (χ3v) is 4.23. The summed E-state index contributed by atoms with van der Waals surface area (Å²) in [5.74, 6) is 1.11. The third kappa shape index (κ3) is 3.17. The fourth-order valence-electron chi connectivity index (χ4n) is 2.89. The number of aryl methyl sites for hydroxylation is 1. The topological polar surface area (TPSA) is 54.1 Å². The summed E-state index contributed by atoms with van der Waals surface area (Å²) >= 11 is 0. The molecule has 0 aliphatic heterocycles. The Labute approximate surface area is 151 Å². The molecule has 1 aromatic heterocycles. The number of aromatic nitrogens is 1. The van der Waals surface area contributed by atoms with Gasteiger partial charge in [-0.15, -0.1) is 0 Å². The van der Waals surface area contributed by atoms with Crippen molar-refractivity contribution in [1.82, 2.24) is 4.98 Å². The monoisotopic (exact) mass is 342 g/mol. The Bertz CT molecular complexity index is 1070. The van der Waals surface area contributed by atoms with Gasteiger partial charge in [0.25, 0.3) is 5.91 Å². The number of para-hydroxylation sites is 3. The Morgan fingerprint density at radius 2 is 1.69 bits per heavy atom. The molecule has 2 N–H and O–H groups in total. The summed E-state index contributed by atoms with van der Waals surface area (Å²) in [5.41, 5.74) is 3.22. The standard InChI is InChI=1S/C22H18N2O2/c1-15-8-7-12-18-17(15)14-20(23-18)22(25)24-19-11-5-6-13-21(19)26-16-9-3-2-4-10-16/h2-14,23H,1H3,(H,24,25). The molecule has 0 aliphatic carbocycles. The van der Waals surface area contributed by atoms with Crippen molar-refractivity contribution in [3.05, 3.63) is 90.1 Å². The molecular weight excluding hydrogens is 324 g/mol. The molecule has 26 heavy (non-hydrogen) atoms. The second kappa shape index (κ2) is 6.76. The second-order valence-electron chi connectivity index (χ2n) is 6.08. The van der Waals surface area contributed by atoms with Gasteiger partial charge in [0.1, 0.15) is 11.4 Å². The summed E-state index contributed by atoms with van der Waals surface area (Å²) in [7, 11) is 0. The van der Waals surface area contributed by atoms with Gasteiger partial charge >= 0.3 is 0 Å². The van der Waals surface area contributed by atoms with Crippen LogP contribution in [0.1, 0.15) is 16.1 Å². The van der Waals surface area contributed by atoms with Crippen molar-refractivity contribution in [2.24, 2.45) is 0 Å². The molecule has 4 heteroatoms. The van der Waals surface area contributed by atoms with E-state index in [1.807, 2.05) is 85.8 Å². The van der Waals surface area contributed by atoms with Gasteiger partial charge in [0, 0.05) is 10.9 Å². The van der Waals surface area contributed by atoms with E-state index in [1.165, 1.54) is 0 Å². The zero-order chi connectivity index (χ0) is 17.9. The van der Waals surface area contributed by atoms with E-state index in [2.05, 4.69) is 10.3 Å². The molecule has 128 valence electrons. The Kier molecular flexibility index (Phi) is 4.15. The first-order valence-corrected chi connectivity index (χ1v) is 8.42. The van der Waals surface area contributed by atoms with Gasteiger partial charge in [-0.2, -0.15) is 0 Å². The Morgan fingerprint density at radius 3 is 2.50 bits per heavy atom. The zero-order valence-corrected chi connectivity index (χ0v) is 14.3. The van der Waals surface area contributed by atoms with Crippen molar-refractivity contribution >= 4 is 22.5 Å². The highest BCUT2D eigenvalue weighted by molar-refractivity contribution is 6.06. The highest BCUT2D eigenvalue weighted by atomic mass is 16.5. The van der Waals surface area contributed by atoms with E-state index >= 15 is 0 Å². The van der Waals surface area contributed by atoms with E-state index in [0.29, 0.717) is 17.1 Å². The van der Waals surface area contributed by atoms with Gasteiger partial charge in [-0.25, -0.2) is 0 Å². The number of carbonyl (C=O) groups excluding carboxylic acids is 1. The molecule has 0 saturated heterocycles. The van der Waals surface area contributed by atoms with Gasteiger partial charge in [-0.3, -0.25) is 4.79 Å². The summed E-state index contributed by atoms with van der Waals surface area (Å²) in [6.07, 6.45) is 0. The summed E-state index contributed by atoms with van der Waals surface area (Å²) in [6, 6.07) is 24.7. The average molecular weight is 342 g/mol. The molecule has 0 bridgehead atoms. The van der Waals surface area contributed by atoms with Crippen molar-refractivity contribution in [2.45, 2.75) is 6.92 Å². The first-order valence-electron chi connectivity index (χ1n) is 8.42. The van der Waals surface area contributed by atoms with Gasteiger partial charge < -0.3 is 15.0 Å². The number of nitrogens with one attached hydrogen (secondary N) is 2. The fraction of sp³-hybridized carbons (Fsp3) is 0.0455. The highest BCUT2D eigenvalue weighted by Gasteiger charge is 2.13. The quantitative estimate of drug-likeness (QED) is 0.513. The van der Waals surface area contributed by atoms with E-state index in [1.54, 1.807) is 0 Å². The van der Waals surface area contributed by atoms with Crippen LogP contribution in [0.3, 0.4) is 0 Å². The molecule has 0 spiro atoms. The highest BCUT2D eigenvalue weighted by Crippen LogP contribution is 2.29. The molecule has 4 nitrogen and oxygen atoms in total. The predicted molar refractivity (Wildman–Crippen MR) is 104 cm³/mol. The van der Waals surface area contributed by atoms with Crippen LogP contribution in [0.4, 0.5) is 5.69 Å². The summed E-state index contributed by atoms with van der Waals surface area (Å²) in [4.78, 5) is 15.9. The first-order chi connectivity index (χ1) is 12.7. The number of rotatable bonds is 4. The number of aromatic amines is 1. The maximum Gasteiger partial charge on any atom is 0.272 e. The van der Waals surface area contributed by atoms with Gasteiger partial charge in [-0.1, -0.05) is 42.5 Å². The maximum absolute atomic E-state index is 12.7. The lowest BCUT2D eigenvalue weighted by atomic mass is 10.1. The number of carbonyl (C=O) groups is 1. The first kappa shape index (κ1) is 16.0. The minimum absolute atomic E-state index is 0.204. The van der Waals surface area contributed by atoms with Crippen LogP contribution in [-0.2, 0) is 0 Å². The lowest BCUT2D eigenvalue weighted by Gasteiger charge is -2.11. The minimum atomic E-state index is -0.204. The van der Waals surface area contributed by atoms with Crippen LogP contribution in [0.2, 0.25) is 0 Å². The summed E-state index contributed by atoms with van der Waals surface area (Å²) in [6.45, 7) is 2.03. The molecule has 1 heterocycles. The van der Waals surface area contributed by atoms with E-state index in [-0.39, 0.29) is 5.91 Å². The Balaban J connectivity index is 1.60. The number of hydrogen-bond acceptors (Lipinski definition) is 2.